The molecule has 2 heterocycles. The predicted octanol–water partition coefficient (Wildman–Crippen LogP) is 2.95. The van der Waals surface area contributed by atoms with Gasteiger partial charge in [-0.15, -0.1) is 11.3 Å². The molecule has 0 aliphatic carbocycles. The molecule has 2 aromatic rings. The van der Waals surface area contributed by atoms with Crippen molar-refractivity contribution in [1.82, 2.24) is 4.98 Å². The largest absolute Gasteiger partial charge is 0.388 e. The summed E-state index contributed by atoms with van der Waals surface area (Å²) in [6, 6.07) is 8.12. The van der Waals surface area contributed by atoms with E-state index >= 15 is 0 Å². The molecule has 3 nitrogen and oxygen atoms in total. The SMILES string of the molecule is CCc1ccc(CNc2cccnc2C(N)=S)s1. The Morgan fingerprint density at radius 3 is 2.83 bits per heavy atom. The summed E-state index contributed by atoms with van der Waals surface area (Å²) < 4.78 is 0. The highest BCUT2D eigenvalue weighted by Crippen LogP contribution is 2.19. The minimum atomic E-state index is 0.318. The van der Waals surface area contributed by atoms with Gasteiger partial charge in [0.25, 0.3) is 0 Å². The molecule has 0 aliphatic rings. The van der Waals surface area contributed by atoms with Gasteiger partial charge in [0.1, 0.15) is 10.7 Å². The fraction of sp³-hybridized carbons (Fsp3) is 0.231. The van der Waals surface area contributed by atoms with Gasteiger partial charge in [0, 0.05) is 22.5 Å². The lowest BCUT2D eigenvalue weighted by molar-refractivity contribution is 1.16. The number of hydrogen-bond acceptors (Lipinski definition) is 4. The van der Waals surface area contributed by atoms with Crippen LogP contribution in [0.25, 0.3) is 0 Å². The minimum absolute atomic E-state index is 0.318. The van der Waals surface area contributed by atoms with Crippen molar-refractivity contribution >= 4 is 34.2 Å². The molecule has 0 unspecified atom stereocenters. The third kappa shape index (κ3) is 3.05. The van der Waals surface area contributed by atoms with Gasteiger partial charge in [-0.05, 0) is 30.7 Å². The molecule has 94 valence electrons. The van der Waals surface area contributed by atoms with Crippen LogP contribution in [0.1, 0.15) is 22.4 Å². The number of rotatable bonds is 5. The van der Waals surface area contributed by atoms with Crippen LogP contribution in [0, 0.1) is 0 Å². The van der Waals surface area contributed by atoms with Gasteiger partial charge < -0.3 is 11.1 Å². The lowest BCUT2D eigenvalue weighted by atomic mass is 10.3. The molecule has 5 heteroatoms. The summed E-state index contributed by atoms with van der Waals surface area (Å²) in [5, 5.41) is 3.33. The van der Waals surface area contributed by atoms with Crippen molar-refractivity contribution in [2.45, 2.75) is 19.9 Å². The van der Waals surface area contributed by atoms with Gasteiger partial charge in [-0.1, -0.05) is 19.1 Å². The summed E-state index contributed by atoms with van der Waals surface area (Å²) in [5.74, 6) is 0. The van der Waals surface area contributed by atoms with Crippen LogP contribution >= 0.6 is 23.6 Å². The smallest absolute Gasteiger partial charge is 0.124 e. The topological polar surface area (TPSA) is 50.9 Å². The first-order valence-corrected chi connectivity index (χ1v) is 6.99. The molecule has 0 bridgehead atoms. The Morgan fingerprint density at radius 1 is 1.39 bits per heavy atom. The Labute approximate surface area is 116 Å². The second-order valence-electron chi connectivity index (χ2n) is 3.84. The van der Waals surface area contributed by atoms with Crippen molar-refractivity contribution in [2.75, 3.05) is 5.32 Å². The molecule has 0 fully saturated rings. The second kappa shape index (κ2) is 5.93. The number of hydrogen-bond donors (Lipinski definition) is 2. The zero-order chi connectivity index (χ0) is 13.0. The van der Waals surface area contributed by atoms with Crippen LogP contribution in [0.4, 0.5) is 5.69 Å². The maximum atomic E-state index is 5.64. The Hall–Kier alpha value is -1.46. The lowest BCUT2D eigenvalue weighted by Crippen LogP contribution is -2.14. The Morgan fingerprint density at radius 2 is 2.17 bits per heavy atom. The molecule has 3 N–H and O–H groups in total. The van der Waals surface area contributed by atoms with Gasteiger partial charge in [-0.25, -0.2) is 0 Å². The summed E-state index contributed by atoms with van der Waals surface area (Å²) in [6.45, 7) is 2.93. The van der Waals surface area contributed by atoms with Gasteiger partial charge in [0.15, 0.2) is 0 Å². The fourth-order valence-electron chi connectivity index (χ4n) is 1.63. The third-order valence-corrected chi connectivity index (χ3v) is 3.98. The summed E-state index contributed by atoms with van der Waals surface area (Å²) >= 11 is 6.80. The van der Waals surface area contributed by atoms with Gasteiger partial charge in [0.05, 0.1) is 5.69 Å². The van der Waals surface area contributed by atoms with E-state index < -0.39 is 0 Å². The number of pyridine rings is 1. The van der Waals surface area contributed by atoms with Crippen LogP contribution in [0.2, 0.25) is 0 Å². The highest BCUT2D eigenvalue weighted by Gasteiger charge is 2.06. The Kier molecular flexibility index (Phi) is 4.28. The molecule has 0 saturated heterocycles. The van der Waals surface area contributed by atoms with Crippen molar-refractivity contribution < 1.29 is 0 Å². The highest BCUT2D eigenvalue weighted by molar-refractivity contribution is 7.80. The maximum absolute atomic E-state index is 5.64. The number of thiophene rings is 1. The number of thiocarbonyl (C=S) groups is 1. The molecule has 0 atom stereocenters. The quantitative estimate of drug-likeness (QED) is 0.825. The molecule has 0 amide bonds. The number of nitrogens with one attached hydrogen (secondary N) is 1. The zero-order valence-corrected chi connectivity index (χ0v) is 11.8. The maximum Gasteiger partial charge on any atom is 0.124 e. The van der Waals surface area contributed by atoms with E-state index in [1.165, 1.54) is 9.75 Å². The predicted molar refractivity (Wildman–Crippen MR) is 81.1 cm³/mol. The molecule has 2 aromatic heterocycles. The molecule has 2 rings (SSSR count). The van der Waals surface area contributed by atoms with Gasteiger partial charge in [-0.2, -0.15) is 0 Å². The van der Waals surface area contributed by atoms with Gasteiger partial charge in [0.2, 0.25) is 0 Å². The minimum Gasteiger partial charge on any atom is -0.388 e. The van der Waals surface area contributed by atoms with E-state index in [-0.39, 0.29) is 0 Å². The van der Waals surface area contributed by atoms with E-state index in [1.54, 1.807) is 6.20 Å². The van der Waals surface area contributed by atoms with Crippen molar-refractivity contribution in [1.29, 1.82) is 0 Å². The molecular weight excluding hydrogens is 262 g/mol. The molecule has 18 heavy (non-hydrogen) atoms. The molecule has 0 saturated carbocycles. The first-order valence-electron chi connectivity index (χ1n) is 5.77. The number of aromatic nitrogens is 1. The van der Waals surface area contributed by atoms with Crippen molar-refractivity contribution in [3.8, 4) is 0 Å². The van der Waals surface area contributed by atoms with Crippen molar-refractivity contribution in [3.63, 3.8) is 0 Å². The van der Waals surface area contributed by atoms with Crippen LogP contribution in [0.3, 0.4) is 0 Å². The van der Waals surface area contributed by atoms with Crippen LogP contribution in [0.5, 0.6) is 0 Å². The first-order chi connectivity index (χ1) is 8.70. The normalized spacial score (nSPS) is 10.3. The Balaban J connectivity index is 2.08. The fourth-order valence-corrected chi connectivity index (χ4v) is 2.69. The monoisotopic (exact) mass is 277 g/mol. The molecule has 0 spiro atoms. The van der Waals surface area contributed by atoms with Gasteiger partial charge >= 0.3 is 0 Å². The third-order valence-electron chi connectivity index (χ3n) is 2.56. The summed E-state index contributed by atoms with van der Waals surface area (Å²) in [6.07, 6.45) is 2.77. The number of nitrogens with zero attached hydrogens (tertiary/aromatic N) is 1. The standard InChI is InChI=1S/C13H15N3S2/c1-2-9-5-6-10(18-9)8-16-11-4-3-7-15-12(11)13(14)17/h3-7,16H,2,8H2,1H3,(H2,14,17). The van der Waals surface area contributed by atoms with Crippen LogP contribution in [0.15, 0.2) is 30.5 Å². The molecule has 0 radical (unpaired) electrons. The molecule has 0 aliphatic heterocycles. The van der Waals surface area contributed by atoms with Crippen molar-refractivity contribution in [3.05, 3.63) is 45.9 Å². The number of nitrogens with two attached hydrogens (primary N) is 1. The zero-order valence-electron chi connectivity index (χ0n) is 10.1. The number of anilines is 1. The van der Waals surface area contributed by atoms with Crippen LogP contribution in [-0.2, 0) is 13.0 Å². The van der Waals surface area contributed by atoms with Crippen LogP contribution < -0.4 is 11.1 Å². The first kappa shape index (κ1) is 13.0. The number of aryl methyl sites for hydroxylation is 1. The summed E-state index contributed by atoms with van der Waals surface area (Å²) in [5.41, 5.74) is 7.18. The highest BCUT2D eigenvalue weighted by atomic mass is 32.1. The summed E-state index contributed by atoms with van der Waals surface area (Å²) in [4.78, 5) is 7.20. The molecule has 0 aromatic carbocycles. The molecular formula is C13H15N3S2. The van der Waals surface area contributed by atoms with E-state index in [0.29, 0.717) is 10.7 Å². The van der Waals surface area contributed by atoms with E-state index in [9.17, 15) is 0 Å². The van der Waals surface area contributed by atoms with Crippen LogP contribution in [-0.4, -0.2) is 9.97 Å². The van der Waals surface area contributed by atoms with E-state index in [2.05, 4.69) is 29.4 Å². The van der Waals surface area contributed by atoms with E-state index in [0.717, 1.165) is 18.7 Å². The van der Waals surface area contributed by atoms with E-state index in [1.807, 2.05) is 23.5 Å². The van der Waals surface area contributed by atoms with E-state index in [4.69, 9.17) is 18.0 Å². The Bertz CT molecular complexity index is 549. The van der Waals surface area contributed by atoms with Crippen molar-refractivity contribution in [2.24, 2.45) is 5.73 Å². The van der Waals surface area contributed by atoms with Gasteiger partial charge in [-0.3, -0.25) is 4.98 Å². The second-order valence-corrected chi connectivity index (χ2v) is 5.53. The average molecular weight is 277 g/mol. The average Bonchev–Trinajstić information content (AvgIpc) is 2.84. The summed E-state index contributed by atoms with van der Waals surface area (Å²) in [7, 11) is 0. The lowest BCUT2D eigenvalue weighted by Gasteiger charge is -2.08.